The number of nitrogens with one attached hydrogen (secondary N) is 2. The SMILES string of the molecule is O=C(Cc1cccc2ccccc12)NC(=S)Nc1ccc(Cl)c([N+](=O)[O-])c1. The third-order valence-electron chi connectivity index (χ3n) is 3.88. The quantitative estimate of drug-likeness (QED) is 0.384. The Balaban J connectivity index is 1.67. The van der Waals surface area contributed by atoms with Gasteiger partial charge in [-0.1, -0.05) is 54.1 Å². The summed E-state index contributed by atoms with van der Waals surface area (Å²) in [5.74, 6) is -0.285. The van der Waals surface area contributed by atoms with Crippen LogP contribution in [-0.4, -0.2) is 15.9 Å². The molecule has 1 amide bonds. The van der Waals surface area contributed by atoms with Crippen LogP contribution >= 0.6 is 23.8 Å². The normalized spacial score (nSPS) is 10.4. The molecule has 3 rings (SSSR count). The van der Waals surface area contributed by atoms with Crippen LogP contribution in [-0.2, 0) is 11.2 Å². The number of nitro benzene ring substituents is 1. The van der Waals surface area contributed by atoms with Crippen LogP contribution in [0.1, 0.15) is 5.56 Å². The molecule has 0 saturated carbocycles. The number of fused-ring (bicyclic) bond motifs is 1. The molecule has 136 valence electrons. The van der Waals surface area contributed by atoms with Crippen LogP contribution in [0.4, 0.5) is 11.4 Å². The first-order valence-corrected chi connectivity index (χ1v) is 8.74. The molecular formula is C19H14ClN3O3S. The number of carbonyl (C=O) groups is 1. The number of nitro groups is 1. The number of halogens is 1. The molecule has 0 aromatic heterocycles. The van der Waals surface area contributed by atoms with E-state index in [1.807, 2.05) is 42.5 Å². The van der Waals surface area contributed by atoms with Crippen molar-refractivity contribution in [3.05, 3.63) is 81.4 Å². The lowest BCUT2D eigenvalue weighted by molar-refractivity contribution is -0.384. The van der Waals surface area contributed by atoms with E-state index in [9.17, 15) is 14.9 Å². The van der Waals surface area contributed by atoms with Gasteiger partial charge in [-0.2, -0.15) is 0 Å². The fourth-order valence-electron chi connectivity index (χ4n) is 2.68. The van der Waals surface area contributed by atoms with E-state index in [4.69, 9.17) is 23.8 Å². The maximum absolute atomic E-state index is 12.3. The summed E-state index contributed by atoms with van der Waals surface area (Å²) in [6.45, 7) is 0. The molecule has 0 aliphatic carbocycles. The van der Waals surface area contributed by atoms with Crippen molar-refractivity contribution in [3.8, 4) is 0 Å². The van der Waals surface area contributed by atoms with Crippen LogP contribution in [0.15, 0.2) is 60.7 Å². The summed E-state index contributed by atoms with van der Waals surface area (Å²) in [7, 11) is 0. The zero-order valence-electron chi connectivity index (χ0n) is 13.9. The summed E-state index contributed by atoms with van der Waals surface area (Å²) >= 11 is 10.9. The van der Waals surface area contributed by atoms with Crippen molar-refractivity contribution >= 4 is 57.0 Å². The van der Waals surface area contributed by atoms with Crippen molar-refractivity contribution in [2.24, 2.45) is 0 Å². The van der Waals surface area contributed by atoms with Crippen LogP contribution in [0.3, 0.4) is 0 Å². The highest BCUT2D eigenvalue weighted by Crippen LogP contribution is 2.27. The second-order valence-electron chi connectivity index (χ2n) is 5.74. The monoisotopic (exact) mass is 399 g/mol. The standard InChI is InChI=1S/C19H14ClN3O3S/c20-16-9-8-14(11-17(16)23(25)26)21-19(27)22-18(24)10-13-6-3-5-12-4-1-2-7-15(12)13/h1-9,11H,10H2,(H2,21,22,24,27). The van der Waals surface area contributed by atoms with Gasteiger partial charge in [0.1, 0.15) is 5.02 Å². The second-order valence-corrected chi connectivity index (χ2v) is 6.56. The Bertz CT molecular complexity index is 1050. The van der Waals surface area contributed by atoms with Gasteiger partial charge in [0.15, 0.2) is 5.11 Å². The Morgan fingerprint density at radius 2 is 1.85 bits per heavy atom. The lowest BCUT2D eigenvalue weighted by Crippen LogP contribution is -2.35. The average molecular weight is 400 g/mol. The van der Waals surface area contributed by atoms with E-state index in [2.05, 4.69) is 10.6 Å². The van der Waals surface area contributed by atoms with Gasteiger partial charge in [0.2, 0.25) is 5.91 Å². The highest BCUT2D eigenvalue weighted by molar-refractivity contribution is 7.80. The molecule has 0 fully saturated rings. The van der Waals surface area contributed by atoms with Gasteiger partial charge in [-0.15, -0.1) is 0 Å². The summed E-state index contributed by atoms with van der Waals surface area (Å²) in [5, 5.41) is 18.4. The Morgan fingerprint density at radius 1 is 1.11 bits per heavy atom. The van der Waals surface area contributed by atoms with Crippen molar-refractivity contribution in [1.29, 1.82) is 0 Å². The minimum atomic E-state index is -0.588. The molecule has 0 saturated heterocycles. The molecule has 0 aliphatic rings. The van der Waals surface area contributed by atoms with E-state index in [0.717, 1.165) is 16.3 Å². The predicted molar refractivity (Wildman–Crippen MR) is 110 cm³/mol. The molecule has 0 atom stereocenters. The largest absolute Gasteiger partial charge is 0.332 e. The van der Waals surface area contributed by atoms with Crippen LogP contribution in [0.25, 0.3) is 10.8 Å². The van der Waals surface area contributed by atoms with Gasteiger partial charge in [0.25, 0.3) is 5.69 Å². The zero-order chi connectivity index (χ0) is 19.4. The van der Waals surface area contributed by atoms with Gasteiger partial charge in [-0.05, 0) is 40.7 Å². The highest BCUT2D eigenvalue weighted by Gasteiger charge is 2.14. The van der Waals surface area contributed by atoms with E-state index >= 15 is 0 Å². The molecule has 0 heterocycles. The molecule has 0 unspecified atom stereocenters. The first-order chi connectivity index (χ1) is 12.9. The van der Waals surface area contributed by atoms with Crippen LogP contribution in [0.2, 0.25) is 5.02 Å². The Morgan fingerprint density at radius 3 is 2.63 bits per heavy atom. The third kappa shape index (κ3) is 4.58. The lowest BCUT2D eigenvalue weighted by Gasteiger charge is -2.11. The maximum atomic E-state index is 12.3. The van der Waals surface area contributed by atoms with Crippen molar-refractivity contribution < 1.29 is 9.72 Å². The molecule has 6 nitrogen and oxygen atoms in total. The van der Waals surface area contributed by atoms with Gasteiger partial charge in [-0.3, -0.25) is 14.9 Å². The summed E-state index contributed by atoms with van der Waals surface area (Å²) in [6.07, 6.45) is 0.157. The Labute approximate surface area is 165 Å². The Kier molecular flexibility index (Phi) is 5.63. The maximum Gasteiger partial charge on any atom is 0.289 e. The molecule has 0 radical (unpaired) electrons. The van der Waals surface area contributed by atoms with Gasteiger partial charge in [0, 0.05) is 11.8 Å². The fraction of sp³-hybridized carbons (Fsp3) is 0.0526. The number of amides is 1. The third-order valence-corrected chi connectivity index (χ3v) is 4.41. The first-order valence-electron chi connectivity index (χ1n) is 7.95. The number of hydrogen-bond donors (Lipinski definition) is 2. The molecule has 3 aromatic carbocycles. The van der Waals surface area contributed by atoms with Gasteiger partial charge in [0.05, 0.1) is 11.3 Å². The number of benzene rings is 3. The van der Waals surface area contributed by atoms with Crippen molar-refractivity contribution in [2.75, 3.05) is 5.32 Å². The van der Waals surface area contributed by atoms with Crippen LogP contribution in [0, 0.1) is 10.1 Å². The van der Waals surface area contributed by atoms with E-state index < -0.39 is 4.92 Å². The van der Waals surface area contributed by atoms with E-state index in [0.29, 0.717) is 5.69 Å². The lowest BCUT2D eigenvalue weighted by atomic mass is 10.0. The Hall–Kier alpha value is -3.03. The van der Waals surface area contributed by atoms with Crippen LogP contribution < -0.4 is 10.6 Å². The zero-order valence-corrected chi connectivity index (χ0v) is 15.5. The van der Waals surface area contributed by atoms with Crippen LogP contribution in [0.5, 0.6) is 0 Å². The molecule has 0 aliphatic heterocycles. The molecule has 27 heavy (non-hydrogen) atoms. The van der Waals surface area contributed by atoms with Gasteiger partial charge in [-0.25, -0.2) is 0 Å². The number of thiocarbonyl (C=S) groups is 1. The van der Waals surface area contributed by atoms with Crippen molar-refractivity contribution in [1.82, 2.24) is 5.32 Å². The van der Waals surface area contributed by atoms with E-state index in [1.54, 1.807) is 6.07 Å². The van der Waals surface area contributed by atoms with E-state index in [-0.39, 0.29) is 28.2 Å². The fourth-order valence-corrected chi connectivity index (χ4v) is 3.10. The number of nitrogens with zero attached hydrogens (tertiary/aromatic N) is 1. The summed E-state index contributed by atoms with van der Waals surface area (Å²) in [4.78, 5) is 22.7. The summed E-state index contributed by atoms with van der Waals surface area (Å²) in [6, 6.07) is 17.8. The topological polar surface area (TPSA) is 84.3 Å². The average Bonchev–Trinajstić information content (AvgIpc) is 2.63. The number of rotatable bonds is 4. The second kappa shape index (κ2) is 8.11. The summed E-state index contributed by atoms with van der Waals surface area (Å²) < 4.78 is 0. The molecule has 2 N–H and O–H groups in total. The number of anilines is 1. The molecule has 3 aromatic rings. The summed E-state index contributed by atoms with van der Waals surface area (Å²) in [5.41, 5.74) is 1.00. The first kappa shape index (κ1) is 18.8. The molecular weight excluding hydrogens is 386 g/mol. The highest BCUT2D eigenvalue weighted by atomic mass is 35.5. The number of carbonyl (C=O) groups excluding carboxylic acids is 1. The molecule has 0 bridgehead atoms. The molecule has 8 heteroatoms. The van der Waals surface area contributed by atoms with Crippen molar-refractivity contribution in [3.63, 3.8) is 0 Å². The predicted octanol–water partition coefficient (Wildman–Crippen LogP) is 4.46. The minimum absolute atomic E-state index is 0.0245. The minimum Gasteiger partial charge on any atom is -0.332 e. The van der Waals surface area contributed by atoms with Gasteiger partial charge >= 0.3 is 0 Å². The van der Waals surface area contributed by atoms with Gasteiger partial charge < -0.3 is 10.6 Å². The molecule has 0 spiro atoms. The number of hydrogen-bond acceptors (Lipinski definition) is 4. The smallest absolute Gasteiger partial charge is 0.289 e. The van der Waals surface area contributed by atoms with E-state index in [1.165, 1.54) is 12.1 Å². The van der Waals surface area contributed by atoms with Crippen molar-refractivity contribution in [2.45, 2.75) is 6.42 Å².